The molecule has 1 heterocycles. The van der Waals surface area contributed by atoms with E-state index < -0.39 is 0 Å². The third-order valence-corrected chi connectivity index (χ3v) is 2.88. The molecule has 1 rings (SSSR count). The quantitative estimate of drug-likeness (QED) is 0.482. The van der Waals surface area contributed by atoms with Crippen LogP contribution in [0.4, 0.5) is 0 Å². The van der Waals surface area contributed by atoms with Gasteiger partial charge in [0.1, 0.15) is 0 Å². The van der Waals surface area contributed by atoms with Gasteiger partial charge in [-0.1, -0.05) is 46.0 Å². The number of furan rings is 1. The highest BCUT2D eigenvalue weighted by molar-refractivity contribution is 5.86. The first-order valence-electron chi connectivity index (χ1n) is 6.91. The monoisotopic (exact) mass is 252 g/mol. The minimum atomic E-state index is -0.361. The topological polar surface area (TPSA) is 39.4 Å². The van der Waals surface area contributed by atoms with Crippen molar-refractivity contribution in [3.05, 3.63) is 24.2 Å². The third-order valence-electron chi connectivity index (χ3n) is 2.88. The van der Waals surface area contributed by atoms with Crippen LogP contribution in [0.25, 0.3) is 0 Å². The van der Waals surface area contributed by atoms with Gasteiger partial charge in [-0.3, -0.25) is 0 Å². The molecule has 102 valence electrons. The average molecular weight is 252 g/mol. The summed E-state index contributed by atoms with van der Waals surface area (Å²) in [5, 5.41) is 0. The minimum Gasteiger partial charge on any atom is -0.460 e. The Bertz CT molecular complexity index is 314. The first-order valence-corrected chi connectivity index (χ1v) is 6.91. The van der Waals surface area contributed by atoms with Crippen LogP contribution in [0.5, 0.6) is 0 Å². The first-order chi connectivity index (χ1) is 8.70. The molecular formula is C15H24O3. The summed E-state index contributed by atoms with van der Waals surface area (Å²) in [5.41, 5.74) is 0. The van der Waals surface area contributed by atoms with Gasteiger partial charge in [0.25, 0.3) is 0 Å². The predicted octanol–water partition coefficient (Wildman–Crippen LogP) is 4.43. The summed E-state index contributed by atoms with van der Waals surface area (Å²) < 4.78 is 10.1. The summed E-state index contributed by atoms with van der Waals surface area (Å²) in [7, 11) is 0. The van der Waals surface area contributed by atoms with Crippen LogP contribution in [0.15, 0.2) is 22.8 Å². The Hall–Kier alpha value is -1.25. The van der Waals surface area contributed by atoms with Crippen molar-refractivity contribution in [1.29, 1.82) is 0 Å². The largest absolute Gasteiger partial charge is 0.460 e. The fourth-order valence-corrected chi connectivity index (χ4v) is 1.82. The van der Waals surface area contributed by atoms with Crippen LogP contribution in [0.1, 0.15) is 62.9 Å². The maximum absolute atomic E-state index is 11.4. The summed E-state index contributed by atoms with van der Waals surface area (Å²) in [4.78, 5) is 11.4. The van der Waals surface area contributed by atoms with Crippen molar-refractivity contribution in [3.63, 3.8) is 0 Å². The number of ether oxygens (including phenoxy) is 1. The summed E-state index contributed by atoms with van der Waals surface area (Å²) >= 11 is 0. The van der Waals surface area contributed by atoms with Gasteiger partial charge in [0, 0.05) is 0 Å². The molecule has 0 atom stereocenters. The molecule has 0 radical (unpaired) electrons. The molecule has 0 N–H and O–H groups in total. The number of hydrogen-bond donors (Lipinski definition) is 0. The molecule has 0 amide bonds. The van der Waals surface area contributed by atoms with Crippen LogP contribution in [-0.2, 0) is 4.74 Å². The van der Waals surface area contributed by atoms with Crippen molar-refractivity contribution in [1.82, 2.24) is 0 Å². The highest BCUT2D eigenvalue weighted by Gasteiger charge is 2.08. The normalized spacial score (nSPS) is 10.8. The summed E-state index contributed by atoms with van der Waals surface area (Å²) in [5.74, 6) is 0.728. The van der Waals surface area contributed by atoms with E-state index in [1.54, 1.807) is 12.1 Å². The van der Waals surface area contributed by atoms with Gasteiger partial charge >= 0.3 is 5.97 Å². The average Bonchev–Trinajstić information content (AvgIpc) is 2.85. The minimum absolute atomic E-state index is 0.284. The van der Waals surface area contributed by atoms with Crippen LogP contribution in [0.2, 0.25) is 0 Å². The fourth-order valence-electron chi connectivity index (χ4n) is 1.82. The van der Waals surface area contributed by atoms with Gasteiger partial charge in [-0.2, -0.15) is 0 Å². The molecule has 1 aromatic heterocycles. The lowest BCUT2D eigenvalue weighted by atomic mass is 10.0. The molecule has 0 spiro atoms. The zero-order valence-corrected chi connectivity index (χ0v) is 11.5. The van der Waals surface area contributed by atoms with Gasteiger partial charge in [-0.25, -0.2) is 4.79 Å². The lowest BCUT2D eigenvalue weighted by Crippen LogP contribution is -2.05. The van der Waals surface area contributed by atoms with Crippen LogP contribution >= 0.6 is 0 Å². The second-order valence-corrected chi connectivity index (χ2v) is 5.06. The van der Waals surface area contributed by atoms with Gasteiger partial charge < -0.3 is 9.15 Å². The lowest BCUT2D eigenvalue weighted by Gasteiger charge is -2.05. The highest BCUT2D eigenvalue weighted by atomic mass is 16.5. The molecule has 3 nitrogen and oxygen atoms in total. The number of esters is 1. The van der Waals surface area contributed by atoms with E-state index in [0.29, 0.717) is 6.61 Å². The maximum atomic E-state index is 11.4. The van der Waals surface area contributed by atoms with Crippen LogP contribution in [0, 0.1) is 5.92 Å². The molecule has 0 aliphatic heterocycles. The molecule has 0 fully saturated rings. The molecular weight excluding hydrogens is 228 g/mol. The standard InChI is InChI=1S/C15H24O3/c1-13(2)9-6-4-3-5-7-11-18-15(16)14-10-8-12-17-14/h8,10,12-13H,3-7,9,11H2,1-2H3. The highest BCUT2D eigenvalue weighted by Crippen LogP contribution is 2.10. The Morgan fingerprint density at radius 3 is 2.61 bits per heavy atom. The third kappa shape index (κ3) is 6.48. The summed E-state index contributed by atoms with van der Waals surface area (Å²) in [6.45, 7) is 5.01. The smallest absolute Gasteiger partial charge is 0.374 e. The van der Waals surface area contributed by atoms with Gasteiger partial charge in [0.2, 0.25) is 5.76 Å². The van der Waals surface area contributed by atoms with Crippen molar-refractivity contribution in [2.24, 2.45) is 5.92 Å². The van der Waals surface area contributed by atoms with Crippen LogP contribution < -0.4 is 0 Å². The molecule has 0 saturated heterocycles. The molecule has 18 heavy (non-hydrogen) atoms. The number of hydrogen-bond acceptors (Lipinski definition) is 3. The molecule has 0 bridgehead atoms. The van der Waals surface area contributed by atoms with Crippen LogP contribution in [-0.4, -0.2) is 12.6 Å². The van der Waals surface area contributed by atoms with Gasteiger partial charge in [0.05, 0.1) is 12.9 Å². The molecule has 3 heteroatoms. The summed E-state index contributed by atoms with van der Waals surface area (Å²) in [6.07, 6.45) is 8.68. The van der Waals surface area contributed by atoms with Crippen LogP contribution in [0.3, 0.4) is 0 Å². The Balaban J connectivity index is 1.91. The lowest BCUT2D eigenvalue weighted by molar-refractivity contribution is 0.0461. The van der Waals surface area contributed by atoms with Crippen molar-refractivity contribution < 1.29 is 13.9 Å². The van der Waals surface area contributed by atoms with E-state index in [2.05, 4.69) is 13.8 Å². The SMILES string of the molecule is CC(C)CCCCCCCOC(=O)c1ccco1. The second kappa shape index (κ2) is 8.78. The molecule has 0 saturated carbocycles. The Morgan fingerprint density at radius 1 is 1.22 bits per heavy atom. The summed E-state index contributed by atoms with van der Waals surface area (Å²) in [6, 6.07) is 3.31. The number of carbonyl (C=O) groups excluding carboxylic acids is 1. The molecule has 1 aromatic rings. The number of rotatable bonds is 9. The van der Waals surface area contributed by atoms with E-state index in [0.717, 1.165) is 18.8 Å². The van der Waals surface area contributed by atoms with Crippen molar-refractivity contribution in [3.8, 4) is 0 Å². The molecule has 0 aromatic carbocycles. The maximum Gasteiger partial charge on any atom is 0.374 e. The van der Waals surface area contributed by atoms with E-state index in [1.165, 1.54) is 31.9 Å². The Kier molecular flexibility index (Phi) is 7.23. The zero-order chi connectivity index (χ0) is 13.2. The van der Waals surface area contributed by atoms with E-state index >= 15 is 0 Å². The predicted molar refractivity (Wildman–Crippen MR) is 71.5 cm³/mol. The number of carbonyl (C=O) groups is 1. The zero-order valence-electron chi connectivity index (χ0n) is 11.5. The van der Waals surface area contributed by atoms with E-state index in [-0.39, 0.29) is 11.7 Å². The second-order valence-electron chi connectivity index (χ2n) is 5.06. The number of unbranched alkanes of at least 4 members (excludes halogenated alkanes) is 4. The Labute approximate surface area is 110 Å². The van der Waals surface area contributed by atoms with E-state index in [4.69, 9.17) is 9.15 Å². The first kappa shape index (κ1) is 14.8. The van der Waals surface area contributed by atoms with E-state index in [1.807, 2.05) is 0 Å². The Morgan fingerprint density at radius 2 is 1.94 bits per heavy atom. The van der Waals surface area contributed by atoms with Gasteiger partial charge in [0.15, 0.2) is 0 Å². The fraction of sp³-hybridized carbons (Fsp3) is 0.667. The molecule has 0 unspecified atom stereocenters. The molecule has 0 aliphatic rings. The van der Waals surface area contributed by atoms with Crippen molar-refractivity contribution in [2.45, 2.75) is 52.4 Å². The van der Waals surface area contributed by atoms with Crippen molar-refractivity contribution >= 4 is 5.97 Å². The van der Waals surface area contributed by atoms with Crippen molar-refractivity contribution in [2.75, 3.05) is 6.61 Å². The van der Waals surface area contributed by atoms with Gasteiger partial charge in [-0.05, 0) is 24.5 Å². The van der Waals surface area contributed by atoms with E-state index in [9.17, 15) is 4.79 Å². The molecule has 0 aliphatic carbocycles. The van der Waals surface area contributed by atoms with Gasteiger partial charge in [-0.15, -0.1) is 0 Å².